The van der Waals surface area contributed by atoms with Crippen LogP contribution in [0.15, 0.2) is 84.9 Å². The van der Waals surface area contributed by atoms with Crippen molar-refractivity contribution < 1.29 is 23.9 Å². The molecule has 0 saturated carbocycles. The van der Waals surface area contributed by atoms with Crippen LogP contribution in [0.1, 0.15) is 28.5 Å². The Bertz CT molecular complexity index is 1770. The first kappa shape index (κ1) is 27.9. The SMILES string of the molecule is CCN(C(=O)COC(=O)Cc1c(C)n(C(=O)c2ccc(Cl)cc2)c2ccc(OC)cc12)c1cccc2ccccc12. The number of esters is 1. The van der Waals surface area contributed by atoms with Crippen molar-refractivity contribution in [2.24, 2.45) is 0 Å². The fourth-order valence-corrected chi connectivity index (χ4v) is 5.26. The molecule has 0 saturated heterocycles. The van der Waals surface area contributed by atoms with Crippen LogP contribution in [-0.4, -0.2) is 42.6 Å². The minimum atomic E-state index is -0.573. The molecule has 5 rings (SSSR count). The van der Waals surface area contributed by atoms with Crippen LogP contribution in [-0.2, 0) is 20.7 Å². The molecule has 1 aromatic heterocycles. The smallest absolute Gasteiger partial charge is 0.310 e. The van der Waals surface area contributed by atoms with E-state index in [4.69, 9.17) is 21.1 Å². The van der Waals surface area contributed by atoms with Gasteiger partial charge in [0.15, 0.2) is 6.61 Å². The lowest BCUT2D eigenvalue weighted by Gasteiger charge is -2.22. The average molecular weight is 569 g/mol. The summed E-state index contributed by atoms with van der Waals surface area (Å²) < 4.78 is 12.5. The van der Waals surface area contributed by atoms with Crippen molar-refractivity contribution in [3.63, 3.8) is 0 Å². The van der Waals surface area contributed by atoms with Gasteiger partial charge in [0.05, 0.1) is 24.7 Å². The molecule has 7 nitrogen and oxygen atoms in total. The molecule has 5 aromatic rings. The number of benzene rings is 4. The second kappa shape index (κ2) is 11.9. The Morgan fingerprint density at radius 1 is 0.902 bits per heavy atom. The molecule has 0 N–H and O–H groups in total. The predicted molar refractivity (Wildman–Crippen MR) is 161 cm³/mol. The van der Waals surface area contributed by atoms with Gasteiger partial charge in [0.25, 0.3) is 11.8 Å². The van der Waals surface area contributed by atoms with Gasteiger partial charge in [-0.2, -0.15) is 0 Å². The lowest BCUT2D eigenvalue weighted by Crippen LogP contribution is -2.34. The van der Waals surface area contributed by atoms with Crippen LogP contribution in [0.2, 0.25) is 5.02 Å². The maximum atomic E-state index is 13.5. The number of nitrogens with zero attached hydrogens (tertiary/aromatic N) is 2. The number of rotatable bonds is 8. The van der Waals surface area contributed by atoms with E-state index in [2.05, 4.69) is 0 Å². The fourth-order valence-electron chi connectivity index (χ4n) is 5.14. The zero-order chi connectivity index (χ0) is 29.1. The second-order valence-electron chi connectivity index (χ2n) is 9.57. The Kier molecular flexibility index (Phi) is 8.08. The van der Waals surface area contributed by atoms with Gasteiger partial charge in [0.1, 0.15) is 5.75 Å². The van der Waals surface area contributed by atoms with Gasteiger partial charge in [-0.3, -0.25) is 19.0 Å². The average Bonchev–Trinajstić information content (AvgIpc) is 3.26. The summed E-state index contributed by atoms with van der Waals surface area (Å²) in [6.07, 6.45) is -0.121. The minimum Gasteiger partial charge on any atom is -0.497 e. The molecule has 0 bridgehead atoms. The molecule has 8 heteroatoms. The third-order valence-corrected chi connectivity index (χ3v) is 7.44. The molecule has 0 spiro atoms. The Hall–Kier alpha value is -4.62. The summed E-state index contributed by atoms with van der Waals surface area (Å²) in [5.74, 6) is -0.558. The molecule has 4 aromatic carbocycles. The highest BCUT2D eigenvalue weighted by Gasteiger charge is 2.24. The quantitative estimate of drug-likeness (QED) is 0.197. The number of carbonyl (C=O) groups is 3. The van der Waals surface area contributed by atoms with Crippen LogP contribution in [0.5, 0.6) is 5.75 Å². The summed E-state index contributed by atoms with van der Waals surface area (Å²) >= 11 is 6.01. The first-order valence-electron chi connectivity index (χ1n) is 13.2. The number of fused-ring (bicyclic) bond motifs is 2. The molecule has 0 aliphatic heterocycles. The lowest BCUT2D eigenvalue weighted by atomic mass is 10.1. The summed E-state index contributed by atoms with van der Waals surface area (Å²) in [4.78, 5) is 41.4. The van der Waals surface area contributed by atoms with Gasteiger partial charge < -0.3 is 14.4 Å². The summed E-state index contributed by atoms with van der Waals surface area (Å²) in [5.41, 5.74) is 3.08. The highest BCUT2D eigenvalue weighted by atomic mass is 35.5. The molecular weight excluding hydrogens is 540 g/mol. The maximum Gasteiger partial charge on any atom is 0.310 e. The van der Waals surface area contributed by atoms with Crippen LogP contribution in [0.25, 0.3) is 21.7 Å². The van der Waals surface area contributed by atoms with E-state index in [1.165, 1.54) is 0 Å². The Morgan fingerprint density at radius 2 is 1.63 bits per heavy atom. The monoisotopic (exact) mass is 568 g/mol. The molecule has 0 aliphatic carbocycles. The van der Waals surface area contributed by atoms with Gasteiger partial charge in [0, 0.05) is 33.6 Å². The standard InChI is InChI=1S/C33H29ClN2O5/c1-4-35(29-11-7-9-22-8-5-6-10-26(22)29)31(37)20-41-32(38)19-27-21(2)36(30-17-16-25(40-3)18-28(27)30)33(39)23-12-14-24(34)15-13-23/h5-18H,4,19-20H2,1-3H3. The van der Waals surface area contributed by atoms with Crippen LogP contribution in [0.3, 0.4) is 0 Å². The zero-order valence-corrected chi connectivity index (χ0v) is 23.8. The second-order valence-corrected chi connectivity index (χ2v) is 10.0. The van der Waals surface area contributed by atoms with E-state index in [0.29, 0.717) is 45.0 Å². The summed E-state index contributed by atoms with van der Waals surface area (Å²) in [6, 6.07) is 25.6. The highest BCUT2D eigenvalue weighted by molar-refractivity contribution is 6.30. The maximum absolute atomic E-state index is 13.5. The third-order valence-electron chi connectivity index (χ3n) is 7.19. The highest BCUT2D eigenvalue weighted by Crippen LogP contribution is 2.31. The molecule has 41 heavy (non-hydrogen) atoms. The van der Waals surface area contributed by atoms with E-state index in [0.717, 1.165) is 16.5 Å². The van der Waals surface area contributed by atoms with E-state index in [9.17, 15) is 14.4 Å². The van der Waals surface area contributed by atoms with E-state index < -0.39 is 12.6 Å². The number of aromatic nitrogens is 1. The van der Waals surface area contributed by atoms with E-state index >= 15 is 0 Å². The van der Waals surface area contributed by atoms with Gasteiger partial charge in [-0.1, -0.05) is 48.0 Å². The number of hydrogen-bond donors (Lipinski definition) is 0. The van der Waals surface area contributed by atoms with Crippen molar-refractivity contribution in [1.82, 2.24) is 4.57 Å². The molecule has 208 valence electrons. The summed E-state index contributed by atoms with van der Waals surface area (Å²) in [6.45, 7) is 3.68. The zero-order valence-electron chi connectivity index (χ0n) is 23.0. The molecule has 1 amide bonds. The molecule has 0 atom stereocenters. The molecule has 0 fully saturated rings. The molecule has 0 aliphatic rings. The first-order chi connectivity index (χ1) is 19.8. The van der Waals surface area contributed by atoms with Crippen molar-refractivity contribution in [2.75, 3.05) is 25.2 Å². The van der Waals surface area contributed by atoms with Crippen molar-refractivity contribution in [3.05, 3.63) is 107 Å². The van der Waals surface area contributed by atoms with Crippen molar-refractivity contribution in [3.8, 4) is 5.75 Å². The van der Waals surface area contributed by atoms with Crippen LogP contribution < -0.4 is 9.64 Å². The lowest BCUT2D eigenvalue weighted by molar-refractivity contribution is -0.147. The molecular formula is C33H29ClN2O5. The Morgan fingerprint density at radius 3 is 2.37 bits per heavy atom. The number of ether oxygens (including phenoxy) is 2. The van der Waals surface area contributed by atoms with Gasteiger partial charge >= 0.3 is 5.97 Å². The van der Waals surface area contributed by atoms with Gasteiger partial charge in [-0.05, 0) is 73.3 Å². The molecule has 0 radical (unpaired) electrons. The summed E-state index contributed by atoms with van der Waals surface area (Å²) in [7, 11) is 1.55. The van der Waals surface area contributed by atoms with Gasteiger partial charge in [-0.25, -0.2) is 0 Å². The number of likely N-dealkylation sites (N-methyl/N-ethyl adjacent to an activating group) is 1. The number of hydrogen-bond acceptors (Lipinski definition) is 5. The minimum absolute atomic E-state index is 0.121. The van der Waals surface area contributed by atoms with Crippen molar-refractivity contribution >= 4 is 56.7 Å². The van der Waals surface area contributed by atoms with Crippen LogP contribution >= 0.6 is 11.6 Å². The number of anilines is 1. The number of halogens is 1. The number of carbonyl (C=O) groups excluding carboxylic acids is 3. The Balaban J connectivity index is 1.39. The van der Waals surface area contributed by atoms with Crippen LogP contribution in [0.4, 0.5) is 5.69 Å². The third kappa shape index (κ3) is 5.54. The predicted octanol–water partition coefficient (Wildman–Crippen LogP) is 6.59. The normalized spacial score (nSPS) is 11.0. The number of methoxy groups -OCH3 is 1. The largest absolute Gasteiger partial charge is 0.497 e. The topological polar surface area (TPSA) is 77.8 Å². The van der Waals surface area contributed by atoms with E-state index in [1.807, 2.05) is 49.4 Å². The van der Waals surface area contributed by atoms with Crippen LogP contribution in [0, 0.1) is 6.92 Å². The van der Waals surface area contributed by atoms with Gasteiger partial charge in [-0.15, -0.1) is 0 Å². The van der Waals surface area contributed by atoms with Gasteiger partial charge in [0.2, 0.25) is 0 Å². The first-order valence-corrected chi connectivity index (χ1v) is 13.6. The molecule has 0 unspecified atom stereocenters. The molecule has 1 heterocycles. The van der Waals surface area contributed by atoms with E-state index in [-0.39, 0.29) is 18.2 Å². The van der Waals surface area contributed by atoms with E-state index in [1.54, 1.807) is 66.0 Å². The van der Waals surface area contributed by atoms with Crippen molar-refractivity contribution in [2.45, 2.75) is 20.3 Å². The van der Waals surface area contributed by atoms with Crippen molar-refractivity contribution in [1.29, 1.82) is 0 Å². The summed E-state index contributed by atoms with van der Waals surface area (Å²) in [5, 5.41) is 3.18. The fraction of sp³-hybridized carbons (Fsp3) is 0.182. The number of amides is 1. The Labute approximate surface area is 242 Å².